The molecule has 0 spiro atoms. The van der Waals surface area contributed by atoms with Crippen LogP contribution >= 0.6 is 0 Å². The molecule has 0 aromatic heterocycles. The van der Waals surface area contributed by atoms with Gasteiger partial charge in [-0.3, -0.25) is 4.18 Å². The molecule has 0 aliphatic heterocycles. The lowest BCUT2D eigenvalue weighted by Crippen LogP contribution is -2.19. The second-order valence-corrected chi connectivity index (χ2v) is 9.02. The van der Waals surface area contributed by atoms with E-state index in [1.165, 1.54) is 57.8 Å². The Morgan fingerprint density at radius 1 is 0.720 bits per heavy atom. The van der Waals surface area contributed by atoms with Crippen molar-refractivity contribution in [3.8, 4) is 0 Å². The molecule has 25 heavy (non-hydrogen) atoms. The van der Waals surface area contributed by atoms with Crippen LogP contribution in [0, 0.1) is 6.92 Å². The molecule has 1 fully saturated rings. The van der Waals surface area contributed by atoms with Crippen molar-refractivity contribution in [2.24, 2.45) is 0 Å². The Bertz CT molecular complexity index is 564. The third-order valence-electron chi connectivity index (χ3n) is 5.12. The van der Waals surface area contributed by atoms with Gasteiger partial charge in [0.1, 0.15) is 0 Å². The lowest BCUT2D eigenvalue weighted by Gasteiger charge is -2.18. The first-order chi connectivity index (χ1) is 12.1. The van der Waals surface area contributed by atoms with Crippen LogP contribution in [0.2, 0.25) is 0 Å². The fraction of sp³-hybridized carbons (Fsp3) is 0.714. The van der Waals surface area contributed by atoms with Gasteiger partial charge in [0, 0.05) is 0 Å². The number of hydrogen-bond donors (Lipinski definition) is 0. The third-order valence-corrected chi connectivity index (χ3v) is 6.50. The topological polar surface area (TPSA) is 43.4 Å². The van der Waals surface area contributed by atoms with Crippen LogP contribution in [0.15, 0.2) is 29.2 Å². The van der Waals surface area contributed by atoms with Gasteiger partial charge in [-0.05, 0) is 31.9 Å². The van der Waals surface area contributed by atoms with Gasteiger partial charge in [0.25, 0.3) is 10.1 Å². The van der Waals surface area contributed by atoms with E-state index >= 15 is 0 Å². The largest absolute Gasteiger partial charge is 0.297 e. The highest BCUT2D eigenvalue weighted by atomic mass is 32.2. The van der Waals surface area contributed by atoms with Crippen molar-refractivity contribution in [3.63, 3.8) is 0 Å². The van der Waals surface area contributed by atoms with Gasteiger partial charge in [0.15, 0.2) is 0 Å². The maximum absolute atomic E-state index is 12.6. The summed E-state index contributed by atoms with van der Waals surface area (Å²) in [6.07, 6.45) is 15.3. The molecule has 0 radical (unpaired) electrons. The minimum Gasteiger partial charge on any atom is -0.263 e. The van der Waals surface area contributed by atoms with Gasteiger partial charge in [-0.25, -0.2) is 0 Å². The first kappa shape index (κ1) is 20.4. The smallest absolute Gasteiger partial charge is 0.263 e. The summed E-state index contributed by atoms with van der Waals surface area (Å²) >= 11 is 0. The van der Waals surface area contributed by atoms with E-state index in [1.807, 2.05) is 19.1 Å². The molecule has 0 heterocycles. The van der Waals surface area contributed by atoms with Crippen LogP contribution in [-0.2, 0) is 14.3 Å². The van der Waals surface area contributed by atoms with Crippen molar-refractivity contribution in [2.75, 3.05) is 0 Å². The first-order valence-electron chi connectivity index (χ1n) is 10.1. The summed E-state index contributed by atoms with van der Waals surface area (Å²) < 4.78 is 30.8. The Morgan fingerprint density at radius 3 is 1.56 bits per heavy atom. The Labute approximate surface area is 154 Å². The highest BCUT2D eigenvalue weighted by Gasteiger charge is 2.21. The van der Waals surface area contributed by atoms with E-state index in [0.717, 1.165) is 31.2 Å². The van der Waals surface area contributed by atoms with E-state index in [-0.39, 0.29) is 11.0 Å². The summed E-state index contributed by atoms with van der Waals surface area (Å²) in [7, 11) is -3.66. The van der Waals surface area contributed by atoms with Crippen LogP contribution in [0.1, 0.15) is 89.0 Å². The van der Waals surface area contributed by atoms with Crippen LogP contribution in [0.4, 0.5) is 0 Å². The van der Waals surface area contributed by atoms with Gasteiger partial charge in [-0.15, -0.1) is 0 Å². The average Bonchev–Trinajstić information content (AvgIpc) is 2.58. The van der Waals surface area contributed by atoms with Crippen molar-refractivity contribution in [2.45, 2.75) is 101 Å². The van der Waals surface area contributed by atoms with E-state index in [0.29, 0.717) is 0 Å². The molecule has 4 heteroatoms. The molecular formula is C21H34O3S. The van der Waals surface area contributed by atoms with E-state index in [4.69, 9.17) is 4.18 Å². The fourth-order valence-corrected chi connectivity index (χ4v) is 4.65. The van der Waals surface area contributed by atoms with Crippen molar-refractivity contribution >= 4 is 10.1 Å². The second kappa shape index (κ2) is 11.0. The van der Waals surface area contributed by atoms with E-state index in [9.17, 15) is 8.42 Å². The maximum Gasteiger partial charge on any atom is 0.297 e. The van der Waals surface area contributed by atoms with Crippen LogP contribution in [-0.4, -0.2) is 14.5 Å². The zero-order chi connectivity index (χ0) is 18.0. The molecule has 1 saturated carbocycles. The SMILES string of the molecule is Cc1ccc(S(=O)(=O)OC2CCCCCCCCCCCCC2)cc1. The molecule has 1 aliphatic rings. The van der Waals surface area contributed by atoms with E-state index < -0.39 is 10.1 Å². The molecular weight excluding hydrogens is 332 g/mol. The van der Waals surface area contributed by atoms with E-state index in [1.54, 1.807) is 12.1 Å². The maximum atomic E-state index is 12.6. The molecule has 1 aromatic carbocycles. The summed E-state index contributed by atoms with van der Waals surface area (Å²) in [5.74, 6) is 0. The lowest BCUT2D eigenvalue weighted by atomic mass is 10.00. The number of benzene rings is 1. The third kappa shape index (κ3) is 7.91. The van der Waals surface area contributed by atoms with Gasteiger partial charge < -0.3 is 0 Å². The monoisotopic (exact) mass is 366 g/mol. The molecule has 0 atom stereocenters. The molecule has 2 rings (SSSR count). The summed E-state index contributed by atoms with van der Waals surface area (Å²) in [6, 6.07) is 6.94. The Balaban J connectivity index is 1.93. The van der Waals surface area contributed by atoms with Gasteiger partial charge in [-0.1, -0.05) is 88.3 Å². The second-order valence-electron chi connectivity index (χ2n) is 7.45. The first-order valence-corrected chi connectivity index (χ1v) is 11.5. The fourth-order valence-electron chi connectivity index (χ4n) is 3.52. The predicted molar refractivity (Wildman–Crippen MR) is 103 cm³/mol. The molecule has 0 N–H and O–H groups in total. The Hall–Kier alpha value is -0.870. The summed E-state index contributed by atoms with van der Waals surface area (Å²) in [4.78, 5) is 0.275. The van der Waals surface area contributed by atoms with Crippen LogP contribution in [0.25, 0.3) is 0 Å². The minimum absolute atomic E-state index is 0.172. The number of hydrogen-bond acceptors (Lipinski definition) is 3. The molecule has 1 aliphatic carbocycles. The van der Waals surface area contributed by atoms with Gasteiger partial charge in [-0.2, -0.15) is 8.42 Å². The highest BCUT2D eigenvalue weighted by molar-refractivity contribution is 7.86. The molecule has 0 saturated heterocycles. The normalized spacial score (nSPS) is 20.0. The van der Waals surface area contributed by atoms with Crippen LogP contribution in [0.5, 0.6) is 0 Å². The number of aryl methyl sites for hydroxylation is 1. The zero-order valence-corrected chi connectivity index (χ0v) is 16.5. The van der Waals surface area contributed by atoms with Crippen molar-refractivity contribution in [1.82, 2.24) is 0 Å². The molecule has 0 unspecified atom stereocenters. The average molecular weight is 367 g/mol. The highest BCUT2D eigenvalue weighted by Crippen LogP contribution is 2.23. The standard InChI is InChI=1S/C21H34O3S/c1-19-15-17-21(18-16-19)25(22,23)24-20-13-11-9-7-5-3-2-4-6-8-10-12-14-20/h15-18,20H,2-14H2,1H3. The minimum atomic E-state index is -3.66. The molecule has 142 valence electrons. The van der Waals surface area contributed by atoms with Crippen molar-refractivity contribution < 1.29 is 12.6 Å². The van der Waals surface area contributed by atoms with Gasteiger partial charge in [0.05, 0.1) is 11.0 Å². The summed E-state index contributed by atoms with van der Waals surface area (Å²) in [6.45, 7) is 1.95. The van der Waals surface area contributed by atoms with Gasteiger partial charge in [0.2, 0.25) is 0 Å². The Kier molecular flexibility index (Phi) is 8.97. The Morgan fingerprint density at radius 2 is 1.12 bits per heavy atom. The van der Waals surface area contributed by atoms with Crippen molar-refractivity contribution in [3.05, 3.63) is 29.8 Å². The summed E-state index contributed by atoms with van der Waals surface area (Å²) in [5, 5.41) is 0. The van der Waals surface area contributed by atoms with Gasteiger partial charge >= 0.3 is 0 Å². The molecule has 3 nitrogen and oxygen atoms in total. The summed E-state index contributed by atoms with van der Waals surface area (Å²) in [5.41, 5.74) is 1.05. The van der Waals surface area contributed by atoms with Crippen LogP contribution in [0.3, 0.4) is 0 Å². The van der Waals surface area contributed by atoms with Crippen molar-refractivity contribution in [1.29, 1.82) is 0 Å². The predicted octanol–water partition coefficient (Wildman–Crippen LogP) is 6.15. The molecule has 1 aromatic rings. The molecule has 0 amide bonds. The molecule has 0 bridgehead atoms. The quantitative estimate of drug-likeness (QED) is 0.602. The lowest BCUT2D eigenvalue weighted by molar-refractivity contribution is 0.179. The van der Waals surface area contributed by atoms with Crippen LogP contribution < -0.4 is 0 Å². The van der Waals surface area contributed by atoms with E-state index in [2.05, 4.69) is 0 Å². The zero-order valence-electron chi connectivity index (χ0n) is 15.7. The number of rotatable bonds is 3.